The van der Waals surface area contributed by atoms with Crippen LogP contribution in [-0.4, -0.2) is 36.0 Å². The van der Waals surface area contributed by atoms with E-state index in [9.17, 15) is 14.4 Å². The SMILES string of the molecule is CC(C)CCOC(=O)CN1C(=O)NC(C)(c2ccc(C(C)(C)C)cc2)C1=O. The Morgan fingerprint density at radius 2 is 1.78 bits per heavy atom. The summed E-state index contributed by atoms with van der Waals surface area (Å²) in [5, 5.41) is 2.71. The fourth-order valence-corrected chi connectivity index (χ4v) is 2.92. The number of carbonyl (C=O) groups is 3. The number of benzene rings is 1. The third kappa shape index (κ3) is 4.67. The molecule has 0 spiro atoms. The number of ether oxygens (including phenoxy) is 1. The summed E-state index contributed by atoms with van der Waals surface area (Å²) < 4.78 is 5.13. The molecule has 6 heteroatoms. The number of esters is 1. The Kier molecular flexibility index (Phi) is 5.97. The van der Waals surface area contributed by atoms with Gasteiger partial charge in [-0.1, -0.05) is 58.9 Å². The van der Waals surface area contributed by atoms with Crippen LogP contribution in [-0.2, 0) is 25.3 Å². The Labute approximate surface area is 161 Å². The van der Waals surface area contributed by atoms with Gasteiger partial charge in [-0.3, -0.25) is 14.5 Å². The average Bonchev–Trinajstić information content (AvgIpc) is 2.78. The van der Waals surface area contributed by atoms with Gasteiger partial charge in [0.05, 0.1) is 6.61 Å². The van der Waals surface area contributed by atoms with E-state index < -0.39 is 23.4 Å². The second kappa shape index (κ2) is 7.71. The van der Waals surface area contributed by atoms with Crippen molar-refractivity contribution in [3.8, 4) is 0 Å². The average molecular weight is 374 g/mol. The van der Waals surface area contributed by atoms with Gasteiger partial charge in [0.1, 0.15) is 12.1 Å². The van der Waals surface area contributed by atoms with Crippen LogP contribution in [0, 0.1) is 5.92 Å². The van der Waals surface area contributed by atoms with E-state index in [2.05, 4.69) is 26.1 Å². The van der Waals surface area contributed by atoms with Gasteiger partial charge in [0.15, 0.2) is 0 Å². The molecule has 1 aliphatic heterocycles. The minimum absolute atomic E-state index is 0.00581. The lowest BCUT2D eigenvalue weighted by Crippen LogP contribution is -2.41. The lowest BCUT2D eigenvalue weighted by molar-refractivity contribution is -0.148. The van der Waals surface area contributed by atoms with Crippen LogP contribution < -0.4 is 5.32 Å². The predicted octanol–water partition coefficient (Wildman–Crippen LogP) is 3.34. The zero-order valence-corrected chi connectivity index (χ0v) is 17.1. The van der Waals surface area contributed by atoms with E-state index in [0.717, 1.165) is 16.9 Å². The summed E-state index contributed by atoms with van der Waals surface area (Å²) in [4.78, 5) is 38.1. The Balaban J connectivity index is 2.10. The molecular weight excluding hydrogens is 344 g/mol. The van der Waals surface area contributed by atoms with E-state index in [1.54, 1.807) is 6.92 Å². The van der Waals surface area contributed by atoms with E-state index in [0.29, 0.717) is 11.5 Å². The molecule has 1 fully saturated rings. The third-order valence-electron chi connectivity index (χ3n) is 4.85. The minimum Gasteiger partial charge on any atom is -0.464 e. The normalized spacial score (nSPS) is 20.2. The van der Waals surface area contributed by atoms with Gasteiger partial charge in [0.2, 0.25) is 0 Å². The van der Waals surface area contributed by atoms with Crippen LogP contribution in [0.1, 0.15) is 59.1 Å². The zero-order chi connectivity index (χ0) is 20.4. The number of nitrogens with zero attached hydrogens (tertiary/aromatic N) is 1. The van der Waals surface area contributed by atoms with Crippen molar-refractivity contribution in [2.45, 2.75) is 58.9 Å². The smallest absolute Gasteiger partial charge is 0.326 e. The van der Waals surface area contributed by atoms with Gasteiger partial charge in [-0.15, -0.1) is 0 Å². The molecule has 1 heterocycles. The van der Waals surface area contributed by atoms with Crippen LogP contribution in [0.2, 0.25) is 0 Å². The van der Waals surface area contributed by atoms with Gasteiger partial charge in [-0.05, 0) is 35.8 Å². The van der Waals surface area contributed by atoms with Gasteiger partial charge >= 0.3 is 12.0 Å². The van der Waals surface area contributed by atoms with Crippen molar-refractivity contribution in [1.82, 2.24) is 10.2 Å². The summed E-state index contributed by atoms with van der Waals surface area (Å²) in [7, 11) is 0. The van der Waals surface area contributed by atoms with Crippen molar-refractivity contribution in [3.05, 3.63) is 35.4 Å². The van der Waals surface area contributed by atoms with Crippen LogP contribution in [0.15, 0.2) is 24.3 Å². The number of nitrogens with one attached hydrogen (secondary N) is 1. The molecule has 1 saturated heterocycles. The van der Waals surface area contributed by atoms with Crippen LogP contribution in [0.3, 0.4) is 0 Å². The van der Waals surface area contributed by atoms with Crippen LogP contribution in [0.25, 0.3) is 0 Å². The summed E-state index contributed by atoms with van der Waals surface area (Å²) >= 11 is 0. The molecule has 0 aliphatic carbocycles. The minimum atomic E-state index is -1.19. The molecule has 0 aromatic heterocycles. The number of carbonyl (C=O) groups excluding carboxylic acids is 3. The first-order valence-electron chi connectivity index (χ1n) is 9.36. The van der Waals surface area contributed by atoms with Gasteiger partial charge < -0.3 is 10.1 Å². The topological polar surface area (TPSA) is 75.7 Å². The fraction of sp³-hybridized carbons (Fsp3) is 0.571. The van der Waals surface area contributed by atoms with Crippen LogP contribution in [0.4, 0.5) is 4.79 Å². The standard InChI is InChI=1S/C21H30N2O4/c1-14(2)11-12-27-17(24)13-23-18(25)21(6,22-19(23)26)16-9-7-15(8-10-16)20(3,4)5/h7-10,14H,11-13H2,1-6H3,(H,22,26). The molecule has 1 atom stereocenters. The maximum Gasteiger partial charge on any atom is 0.326 e. The van der Waals surface area contributed by atoms with Gasteiger partial charge in [-0.25, -0.2) is 4.79 Å². The quantitative estimate of drug-likeness (QED) is 0.612. The second-order valence-corrected chi connectivity index (χ2v) is 8.68. The van der Waals surface area contributed by atoms with Crippen molar-refractivity contribution >= 4 is 17.9 Å². The van der Waals surface area contributed by atoms with Crippen LogP contribution in [0.5, 0.6) is 0 Å². The molecule has 0 saturated carbocycles. The first-order chi connectivity index (χ1) is 12.4. The third-order valence-corrected chi connectivity index (χ3v) is 4.85. The number of imide groups is 1. The summed E-state index contributed by atoms with van der Waals surface area (Å²) in [6.45, 7) is 12.0. The lowest BCUT2D eigenvalue weighted by Gasteiger charge is -2.24. The Morgan fingerprint density at radius 3 is 2.30 bits per heavy atom. The molecule has 1 aromatic rings. The largest absolute Gasteiger partial charge is 0.464 e. The highest BCUT2D eigenvalue weighted by Crippen LogP contribution is 2.31. The van der Waals surface area contributed by atoms with Crippen molar-refractivity contribution in [2.24, 2.45) is 5.92 Å². The van der Waals surface area contributed by atoms with E-state index in [1.807, 2.05) is 38.1 Å². The molecule has 1 aliphatic rings. The molecule has 6 nitrogen and oxygen atoms in total. The van der Waals surface area contributed by atoms with Gasteiger partial charge in [0.25, 0.3) is 5.91 Å². The van der Waals surface area contributed by atoms with Crippen molar-refractivity contribution < 1.29 is 19.1 Å². The second-order valence-electron chi connectivity index (χ2n) is 8.68. The summed E-state index contributed by atoms with van der Waals surface area (Å²) in [6, 6.07) is 7.04. The molecule has 2 rings (SSSR count). The maximum atomic E-state index is 12.9. The molecule has 0 radical (unpaired) electrons. The van der Waals surface area contributed by atoms with Crippen molar-refractivity contribution in [2.75, 3.05) is 13.2 Å². The first kappa shape index (κ1) is 20.9. The highest BCUT2D eigenvalue weighted by atomic mass is 16.5. The van der Waals surface area contributed by atoms with Crippen molar-refractivity contribution in [1.29, 1.82) is 0 Å². The van der Waals surface area contributed by atoms with Crippen LogP contribution >= 0.6 is 0 Å². The maximum absolute atomic E-state index is 12.9. The first-order valence-corrected chi connectivity index (χ1v) is 9.36. The van der Waals surface area contributed by atoms with E-state index in [4.69, 9.17) is 4.74 Å². The fourth-order valence-electron chi connectivity index (χ4n) is 2.92. The summed E-state index contributed by atoms with van der Waals surface area (Å²) in [5.41, 5.74) is 0.626. The monoisotopic (exact) mass is 374 g/mol. The highest BCUT2D eigenvalue weighted by Gasteiger charge is 2.49. The number of amides is 3. The molecule has 1 N–H and O–H groups in total. The predicted molar refractivity (Wildman–Crippen MR) is 103 cm³/mol. The molecule has 148 valence electrons. The molecule has 27 heavy (non-hydrogen) atoms. The Hall–Kier alpha value is -2.37. The summed E-state index contributed by atoms with van der Waals surface area (Å²) in [6.07, 6.45) is 0.740. The lowest BCUT2D eigenvalue weighted by atomic mass is 9.84. The van der Waals surface area contributed by atoms with Gasteiger partial charge in [-0.2, -0.15) is 0 Å². The van der Waals surface area contributed by atoms with Gasteiger partial charge in [0, 0.05) is 0 Å². The van der Waals surface area contributed by atoms with E-state index in [-0.39, 0.29) is 18.6 Å². The van der Waals surface area contributed by atoms with Crippen molar-refractivity contribution in [3.63, 3.8) is 0 Å². The molecule has 1 aromatic carbocycles. The molecular formula is C21H30N2O4. The molecule has 1 unspecified atom stereocenters. The number of hydrogen-bond acceptors (Lipinski definition) is 4. The Bertz CT molecular complexity index is 719. The molecule has 3 amide bonds. The molecule has 0 bridgehead atoms. The zero-order valence-electron chi connectivity index (χ0n) is 17.1. The number of rotatable bonds is 6. The number of hydrogen-bond donors (Lipinski definition) is 1. The Morgan fingerprint density at radius 1 is 1.19 bits per heavy atom. The van der Waals surface area contributed by atoms with E-state index in [1.165, 1.54) is 0 Å². The summed E-state index contributed by atoms with van der Waals surface area (Å²) in [5.74, 6) is -0.614. The highest BCUT2D eigenvalue weighted by molar-refractivity contribution is 6.08. The number of urea groups is 1. The van der Waals surface area contributed by atoms with E-state index >= 15 is 0 Å².